The van der Waals surface area contributed by atoms with E-state index in [2.05, 4.69) is 12.2 Å². The molecule has 0 amide bonds. The lowest BCUT2D eigenvalue weighted by Gasteiger charge is -2.35. The van der Waals surface area contributed by atoms with Gasteiger partial charge in [-0.3, -0.25) is 0 Å². The smallest absolute Gasteiger partial charge is 0.416 e. The Morgan fingerprint density at radius 3 is 2.30 bits per heavy atom. The Labute approximate surface area is 162 Å². The van der Waals surface area contributed by atoms with E-state index in [1.54, 1.807) is 23.9 Å². The van der Waals surface area contributed by atoms with E-state index in [0.717, 1.165) is 24.2 Å². The van der Waals surface area contributed by atoms with Crippen LogP contribution in [0, 0.1) is 0 Å². The number of ether oxygens (including phenoxy) is 1. The van der Waals surface area contributed by atoms with Gasteiger partial charge >= 0.3 is 6.18 Å². The molecule has 2 aromatic rings. The molecule has 0 radical (unpaired) electrons. The summed E-state index contributed by atoms with van der Waals surface area (Å²) in [6, 6.07) is 14.0. The highest BCUT2D eigenvalue weighted by molar-refractivity contribution is 7.98. The summed E-state index contributed by atoms with van der Waals surface area (Å²) in [6.07, 6.45) is -0.504. The maximum absolute atomic E-state index is 12.8. The molecule has 0 saturated carbocycles. The number of rotatable bonds is 5. The van der Waals surface area contributed by atoms with E-state index in [0.29, 0.717) is 12.6 Å². The summed E-state index contributed by atoms with van der Waals surface area (Å²) >= 11 is 1.69. The van der Waals surface area contributed by atoms with Crippen molar-refractivity contribution in [2.45, 2.75) is 48.8 Å². The third-order valence-corrected chi connectivity index (χ3v) is 5.69. The monoisotopic (exact) mass is 395 g/mol. The van der Waals surface area contributed by atoms with Crippen LogP contribution in [0.5, 0.6) is 5.75 Å². The SMILES string of the molecule is CSc1ccc(OCC2CC(c3ccc(C(F)(F)F)cc3)CC(C)N2)cc1. The lowest BCUT2D eigenvalue weighted by molar-refractivity contribution is -0.137. The summed E-state index contributed by atoms with van der Waals surface area (Å²) in [5.41, 5.74) is 0.368. The molecule has 3 rings (SSSR count). The fraction of sp³-hybridized carbons (Fsp3) is 0.429. The second-order valence-corrected chi connectivity index (χ2v) is 7.92. The molecule has 1 fully saturated rings. The van der Waals surface area contributed by atoms with E-state index in [-0.39, 0.29) is 12.0 Å². The van der Waals surface area contributed by atoms with Crippen molar-refractivity contribution in [2.75, 3.05) is 12.9 Å². The molecule has 1 aliphatic rings. The van der Waals surface area contributed by atoms with Gasteiger partial charge in [-0.15, -0.1) is 11.8 Å². The van der Waals surface area contributed by atoms with Crippen LogP contribution in [0.4, 0.5) is 13.2 Å². The second kappa shape index (κ2) is 8.57. The zero-order valence-electron chi connectivity index (χ0n) is 15.4. The molecule has 3 unspecified atom stereocenters. The maximum Gasteiger partial charge on any atom is 0.416 e. The predicted octanol–water partition coefficient (Wildman–Crippen LogP) is 5.73. The van der Waals surface area contributed by atoms with Crippen molar-refractivity contribution in [1.82, 2.24) is 5.32 Å². The maximum atomic E-state index is 12.8. The van der Waals surface area contributed by atoms with Gasteiger partial charge < -0.3 is 10.1 Å². The topological polar surface area (TPSA) is 21.3 Å². The van der Waals surface area contributed by atoms with Crippen LogP contribution in [0.3, 0.4) is 0 Å². The molecular formula is C21H24F3NOS. The van der Waals surface area contributed by atoms with Crippen LogP contribution in [0.2, 0.25) is 0 Å². The molecule has 1 heterocycles. The van der Waals surface area contributed by atoms with Gasteiger partial charge in [0, 0.05) is 17.0 Å². The number of hydrogen-bond donors (Lipinski definition) is 1. The Morgan fingerprint density at radius 2 is 1.70 bits per heavy atom. The average molecular weight is 395 g/mol. The number of alkyl halides is 3. The lowest BCUT2D eigenvalue weighted by Crippen LogP contribution is -2.46. The number of thioether (sulfide) groups is 1. The minimum Gasteiger partial charge on any atom is -0.492 e. The van der Waals surface area contributed by atoms with Gasteiger partial charge in [0.15, 0.2) is 0 Å². The van der Waals surface area contributed by atoms with Crippen LogP contribution in [-0.2, 0) is 6.18 Å². The first-order valence-corrected chi connectivity index (χ1v) is 10.3. The van der Waals surface area contributed by atoms with Gasteiger partial charge in [0.05, 0.1) is 5.56 Å². The van der Waals surface area contributed by atoms with Crippen molar-refractivity contribution in [3.05, 3.63) is 59.7 Å². The van der Waals surface area contributed by atoms with E-state index in [1.165, 1.54) is 17.0 Å². The van der Waals surface area contributed by atoms with Gasteiger partial charge in [0.2, 0.25) is 0 Å². The first kappa shape index (κ1) is 20.1. The van der Waals surface area contributed by atoms with Gasteiger partial charge in [0.1, 0.15) is 12.4 Å². The standard InChI is InChI=1S/C21H24F3NOS/c1-14-11-16(15-3-5-17(6-4-15)21(22,23)24)12-18(25-14)13-26-19-7-9-20(27-2)10-8-19/h3-10,14,16,18,25H,11-13H2,1-2H3. The highest BCUT2D eigenvalue weighted by Gasteiger charge is 2.31. The van der Waals surface area contributed by atoms with Crippen LogP contribution < -0.4 is 10.1 Å². The first-order chi connectivity index (χ1) is 12.8. The minimum atomic E-state index is -4.29. The largest absolute Gasteiger partial charge is 0.492 e. The molecule has 0 bridgehead atoms. The van der Waals surface area contributed by atoms with Crippen molar-refractivity contribution < 1.29 is 17.9 Å². The Hall–Kier alpha value is -1.66. The molecule has 1 N–H and O–H groups in total. The van der Waals surface area contributed by atoms with Crippen molar-refractivity contribution >= 4 is 11.8 Å². The van der Waals surface area contributed by atoms with E-state index < -0.39 is 11.7 Å². The molecule has 27 heavy (non-hydrogen) atoms. The molecule has 2 nitrogen and oxygen atoms in total. The number of piperidine rings is 1. The summed E-state index contributed by atoms with van der Waals surface area (Å²) in [4.78, 5) is 1.19. The van der Waals surface area contributed by atoms with Gasteiger partial charge in [-0.2, -0.15) is 13.2 Å². The van der Waals surface area contributed by atoms with Crippen molar-refractivity contribution in [3.8, 4) is 5.75 Å². The van der Waals surface area contributed by atoms with Gasteiger partial charge in [0.25, 0.3) is 0 Å². The van der Waals surface area contributed by atoms with E-state index in [1.807, 2.05) is 30.5 Å². The van der Waals surface area contributed by atoms with Crippen molar-refractivity contribution in [1.29, 1.82) is 0 Å². The molecule has 6 heteroatoms. The number of benzene rings is 2. The number of hydrogen-bond acceptors (Lipinski definition) is 3. The third-order valence-electron chi connectivity index (χ3n) is 4.95. The molecule has 0 spiro atoms. The van der Waals surface area contributed by atoms with Crippen molar-refractivity contribution in [2.24, 2.45) is 0 Å². The Bertz CT molecular complexity index is 731. The molecule has 2 aromatic carbocycles. The number of nitrogens with one attached hydrogen (secondary N) is 1. The van der Waals surface area contributed by atoms with Gasteiger partial charge in [-0.05, 0) is 73.9 Å². The lowest BCUT2D eigenvalue weighted by atomic mass is 9.83. The summed E-state index contributed by atoms with van der Waals surface area (Å²) in [5, 5.41) is 3.54. The first-order valence-electron chi connectivity index (χ1n) is 9.05. The molecule has 0 aromatic heterocycles. The van der Waals surface area contributed by atoms with Crippen LogP contribution >= 0.6 is 11.8 Å². The Morgan fingerprint density at radius 1 is 1.04 bits per heavy atom. The average Bonchev–Trinajstić information content (AvgIpc) is 2.66. The summed E-state index contributed by atoms with van der Waals surface area (Å²) in [6.45, 7) is 2.65. The van der Waals surface area contributed by atoms with Gasteiger partial charge in [-0.1, -0.05) is 12.1 Å². The summed E-state index contributed by atoms with van der Waals surface area (Å²) in [7, 11) is 0. The zero-order chi connectivity index (χ0) is 19.4. The molecule has 1 saturated heterocycles. The fourth-order valence-electron chi connectivity index (χ4n) is 3.61. The summed E-state index contributed by atoms with van der Waals surface area (Å²) < 4.78 is 44.2. The third kappa shape index (κ3) is 5.42. The molecule has 0 aliphatic carbocycles. The quantitative estimate of drug-likeness (QED) is 0.653. The predicted molar refractivity (Wildman–Crippen MR) is 104 cm³/mol. The Balaban J connectivity index is 1.61. The fourth-order valence-corrected chi connectivity index (χ4v) is 4.01. The summed E-state index contributed by atoms with van der Waals surface area (Å²) in [5.74, 6) is 1.06. The molecule has 146 valence electrons. The van der Waals surface area contributed by atoms with E-state index >= 15 is 0 Å². The van der Waals surface area contributed by atoms with Crippen LogP contribution in [0.15, 0.2) is 53.4 Å². The molecular weight excluding hydrogens is 371 g/mol. The normalized spacial score (nSPS) is 23.2. The van der Waals surface area contributed by atoms with E-state index in [9.17, 15) is 13.2 Å². The molecule has 1 aliphatic heterocycles. The van der Waals surface area contributed by atoms with E-state index in [4.69, 9.17) is 4.74 Å². The highest BCUT2D eigenvalue weighted by Crippen LogP contribution is 2.34. The zero-order valence-corrected chi connectivity index (χ0v) is 16.2. The van der Waals surface area contributed by atoms with Gasteiger partial charge in [-0.25, -0.2) is 0 Å². The number of halogens is 3. The minimum absolute atomic E-state index is 0.168. The van der Waals surface area contributed by atoms with Crippen LogP contribution in [0.25, 0.3) is 0 Å². The second-order valence-electron chi connectivity index (χ2n) is 7.04. The Kier molecular flexibility index (Phi) is 6.37. The van der Waals surface area contributed by atoms with Crippen molar-refractivity contribution in [3.63, 3.8) is 0 Å². The van der Waals surface area contributed by atoms with Crippen LogP contribution in [0.1, 0.15) is 36.8 Å². The van der Waals surface area contributed by atoms with Crippen LogP contribution in [-0.4, -0.2) is 24.9 Å². The molecule has 3 atom stereocenters. The highest BCUT2D eigenvalue weighted by atomic mass is 32.2.